The predicted octanol–water partition coefficient (Wildman–Crippen LogP) is 6.63. The Kier molecular flexibility index (Phi) is 8.52. The highest BCUT2D eigenvalue weighted by Gasteiger charge is 2.67. The predicted molar refractivity (Wildman–Crippen MR) is 201 cm³/mol. The molecule has 1 fully saturated rings. The van der Waals surface area contributed by atoms with E-state index in [1.807, 2.05) is 73.7 Å². The van der Waals surface area contributed by atoms with Crippen molar-refractivity contribution in [2.75, 3.05) is 11.5 Å². The number of nitrogens with zero attached hydrogens (tertiary/aromatic N) is 3. The molecular formula is C40H40ClFN4O5Si. The summed E-state index contributed by atoms with van der Waals surface area (Å²) < 4.78 is 24.8. The molecule has 268 valence electrons. The summed E-state index contributed by atoms with van der Waals surface area (Å²) >= 11 is 6.56. The Hall–Kier alpha value is -4.55. The van der Waals surface area contributed by atoms with Crippen LogP contribution in [-0.2, 0) is 39.4 Å². The van der Waals surface area contributed by atoms with Crippen LogP contribution >= 0.6 is 11.6 Å². The number of anilines is 1. The zero-order valence-electron chi connectivity index (χ0n) is 29.2. The van der Waals surface area contributed by atoms with Crippen LogP contribution < -0.4 is 10.5 Å². The molecule has 3 aliphatic rings. The quantitative estimate of drug-likeness (QED) is 0.144. The fourth-order valence-electron chi connectivity index (χ4n) is 8.88. The van der Waals surface area contributed by atoms with Gasteiger partial charge in [-0.25, -0.2) is 4.68 Å². The van der Waals surface area contributed by atoms with Gasteiger partial charge in [-0.1, -0.05) is 67.1 Å². The first-order valence-electron chi connectivity index (χ1n) is 17.7. The fourth-order valence-corrected chi connectivity index (χ4v) is 11.5. The summed E-state index contributed by atoms with van der Waals surface area (Å²) in [5.74, 6) is -1.17. The Morgan fingerprint density at radius 2 is 1.73 bits per heavy atom. The normalized spacial score (nSPS) is 24.2. The number of aliphatic hydroxyl groups is 1. The van der Waals surface area contributed by atoms with Crippen molar-refractivity contribution in [1.82, 2.24) is 14.7 Å². The van der Waals surface area contributed by atoms with Crippen molar-refractivity contribution in [1.29, 1.82) is 0 Å². The molecule has 0 radical (unpaired) electrons. The van der Waals surface area contributed by atoms with E-state index in [4.69, 9.17) is 16.3 Å². The first-order valence-corrected chi connectivity index (χ1v) is 21.0. The topological polar surface area (TPSA) is 108 Å². The minimum absolute atomic E-state index is 0.118. The third-order valence-corrected chi connectivity index (χ3v) is 14.0. The molecule has 2 N–H and O–H groups in total. The highest BCUT2D eigenvalue weighted by Crippen LogP contribution is 2.60. The van der Waals surface area contributed by atoms with Crippen LogP contribution in [0.15, 0.2) is 95.8 Å². The smallest absolute Gasteiger partial charge is 0.279 e. The molecule has 1 spiro atoms. The minimum Gasteiger partial charge on any atom is -0.394 e. The van der Waals surface area contributed by atoms with Gasteiger partial charge >= 0.3 is 0 Å². The highest BCUT2D eigenvalue weighted by atomic mass is 35.5. The Bertz CT molecular complexity index is 2270. The third-order valence-electron chi connectivity index (χ3n) is 11.3. The van der Waals surface area contributed by atoms with Crippen molar-refractivity contribution in [3.63, 3.8) is 0 Å². The van der Waals surface area contributed by atoms with Crippen molar-refractivity contribution in [2.45, 2.75) is 69.2 Å². The van der Waals surface area contributed by atoms with Crippen LogP contribution in [0.25, 0.3) is 16.6 Å². The summed E-state index contributed by atoms with van der Waals surface area (Å²) in [4.78, 5) is 45.3. The first kappa shape index (κ1) is 34.5. The molecule has 8 rings (SSSR count). The number of aromatic nitrogens is 2. The fraction of sp³-hybridized carbons (Fsp3) is 0.325. The molecule has 5 aromatic rings. The van der Waals surface area contributed by atoms with Gasteiger partial charge in [-0.15, -0.1) is 0 Å². The molecule has 1 aromatic heterocycles. The third kappa shape index (κ3) is 5.53. The molecular weight excluding hydrogens is 699 g/mol. The number of aliphatic hydroxyl groups excluding tert-OH is 1. The number of hydrogen-bond acceptors (Lipinski definition) is 5. The van der Waals surface area contributed by atoms with Crippen molar-refractivity contribution in [3.05, 3.63) is 129 Å². The summed E-state index contributed by atoms with van der Waals surface area (Å²) in [6, 6.07) is 27.4. The van der Waals surface area contributed by atoms with Crippen LogP contribution in [-0.4, -0.2) is 58.8 Å². The standard InChI is InChI=1S/C40H40ClFN4O5Si/c1-24-37(52(2,3)42)35(20-36(48)44-22-27-9-5-4-8-26(27)18-30(44)23-47)51-40(24)32-19-28(41)14-17-34(32)45(39(40)50)21-25-12-15-29(16-13-25)46-38(49)31-10-6-7-11-33(31)43-46/h4-17,19,24,30,35,37,43,47H,18,20-23H2,1-3H3/t24-,30-,35+,37-,40+/m0/s1. The van der Waals surface area contributed by atoms with Gasteiger partial charge in [-0.05, 0) is 78.7 Å². The van der Waals surface area contributed by atoms with Crippen LogP contribution in [0.2, 0.25) is 23.7 Å². The number of carbonyl (C=O) groups excluding carboxylic acids is 2. The SMILES string of the molecule is C[C@H]1[C@H]([Si](C)(C)F)[C@@H](CC(=O)N2Cc3ccccc3C[C@H]2CO)O[C@]12C(=O)N(Cc1ccc(-n3[nH]c4ccccc4c3=O)cc1)c1ccc(Cl)cc12. The number of hydrogen-bond donors (Lipinski definition) is 2. The number of ether oxygens (including phenoxy) is 1. The number of amides is 2. The van der Waals surface area contributed by atoms with E-state index in [0.29, 0.717) is 40.3 Å². The van der Waals surface area contributed by atoms with Gasteiger partial charge in [0.05, 0.1) is 54.0 Å². The van der Waals surface area contributed by atoms with Crippen molar-refractivity contribution in [3.8, 4) is 5.69 Å². The van der Waals surface area contributed by atoms with E-state index in [0.717, 1.165) is 22.2 Å². The molecule has 0 aliphatic carbocycles. The second kappa shape index (κ2) is 12.8. The van der Waals surface area contributed by atoms with Crippen LogP contribution in [0, 0.1) is 5.92 Å². The van der Waals surface area contributed by atoms with Gasteiger partial charge in [0.25, 0.3) is 11.5 Å². The number of H-pyrrole nitrogens is 1. The highest BCUT2D eigenvalue weighted by molar-refractivity contribution is 6.72. The molecule has 52 heavy (non-hydrogen) atoms. The van der Waals surface area contributed by atoms with E-state index in [1.165, 1.54) is 4.68 Å². The number of rotatable bonds is 7. The molecule has 9 nitrogen and oxygen atoms in total. The first-order chi connectivity index (χ1) is 24.9. The number of nitrogens with one attached hydrogen (secondary N) is 1. The molecule has 12 heteroatoms. The van der Waals surface area contributed by atoms with Crippen molar-refractivity contribution < 1.29 is 23.5 Å². The average Bonchev–Trinajstić information content (AvgIpc) is 3.71. The number of carbonyl (C=O) groups is 2. The zero-order valence-corrected chi connectivity index (χ0v) is 30.9. The lowest BCUT2D eigenvalue weighted by molar-refractivity contribution is -0.151. The van der Waals surface area contributed by atoms with Gasteiger partial charge in [0.1, 0.15) is 0 Å². The number of aromatic amines is 1. The number of fused-ring (bicyclic) bond motifs is 4. The summed E-state index contributed by atoms with van der Waals surface area (Å²) in [5.41, 5.74) is 3.12. The monoisotopic (exact) mass is 738 g/mol. The minimum atomic E-state index is -3.54. The summed E-state index contributed by atoms with van der Waals surface area (Å²) in [5, 5.41) is 14.4. The maximum atomic E-state index is 16.5. The van der Waals surface area contributed by atoms with Crippen LogP contribution in [0.3, 0.4) is 0 Å². The Morgan fingerprint density at radius 1 is 1.02 bits per heavy atom. The van der Waals surface area contributed by atoms with Gasteiger partial charge in [-0.3, -0.25) is 19.5 Å². The van der Waals surface area contributed by atoms with Gasteiger partial charge in [0.15, 0.2) is 5.60 Å². The lowest BCUT2D eigenvalue weighted by atomic mass is 9.82. The summed E-state index contributed by atoms with van der Waals surface area (Å²) in [7, 11) is -3.54. The average molecular weight is 739 g/mol. The lowest BCUT2D eigenvalue weighted by Gasteiger charge is -2.37. The number of para-hydroxylation sites is 1. The molecule has 4 heterocycles. The van der Waals surface area contributed by atoms with Crippen LogP contribution in [0.5, 0.6) is 0 Å². The van der Waals surface area contributed by atoms with E-state index in [1.54, 1.807) is 47.2 Å². The van der Waals surface area contributed by atoms with Crippen molar-refractivity contribution >= 4 is 48.4 Å². The molecule has 3 aliphatic heterocycles. The van der Waals surface area contributed by atoms with Crippen molar-refractivity contribution in [2.24, 2.45) is 5.92 Å². The Morgan fingerprint density at radius 3 is 2.44 bits per heavy atom. The maximum absolute atomic E-state index is 16.5. The van der Waals surface area contributed by atoms with Crippen LogP contribution in [0.1, 0.15) is 35.6 Å². The van der Waals surface area contributed by atoms with Crippen LogP contribution in [0.4, 0.5) is 9.80 Å². The zero-order chi connectivity index (χ0) is 36.5. The summed E-state index contributed by atoms with van der Waals surface area (Å²) in [6.45, 7) is 5.42. The summed E-state index contributed by atoms with van der Waals surface area (Å²) in [6.07, 6.45) is -0.459. The van der Waals surface area contributed by atoms with E-state index < -0.39 is 37.6 Å². The van der Waals surface area contributed by atoms with E-state index in [-0.39, 0.29) is 36.9 Å². The number of halogens is 2. The van der Waals surface area contributed by atoms with Gasteiger partial charge in [0, 0.05) is 28.6 Å². The largest absolute Gasteiger partial charge is 0.394 e. The second-order valence-corrected chi connectivity index (χ2v) is 19.1. The van der Waals surface area contributed by atoms with Gasteiger partial charge in [-0.2, -0.15) is 0 Å². The Labute approximate surface area is 306 Å². The molecule has 5 atom stereocenters. The molecule has 1 saturated heterocycles. The number of benzene rings is 4. The van der Waals surface area contributed by atoms with E-state index >= 15 is 4.11 Å². The molecule has 2 amide bonds. The molecule has 0 unspecified atom stereocenters. The lowest BCUT2D eigenvalue weighted by Crippen LogP contribution is -2.48. The molecule has 0 saturated carbocycles. The van der Waals surface area contributed by atoms with E-state index in [9.17, 15) is 19.5 Å². The molecule has 4 aromatic carbocycles. The second-order valence-electron chi connectivity index (χ2n) is 14.8. The maximum Gasteiger partial charge on any atom is 0.279 e. The molecule has 0 bridgehead atoms. The van der Waals surface area contributed by atoms with Gasteiger partial charge < -0.3 is 23.8 Å². The Balaban J connectivity index is 1.10. The van der Waals surface area contributed by atoms with E-state index in [2.05, 4.69) is 5.10 Å². The van der Waals surface area contributed by atoms with Gasteiger partial charge in [0.2, 0.25) is 14.3 Å².